The molecule has 0 spiro atoms. The van der Waals surface area contributed by atoms with Crippen molar-refractivity contribution in [2.75, 3.05) is 25.2 Å². The van der Waals surface area contributed by atoms with Gasteiger partial charge in [-0.25, -0.2) is 0 Å². The van der Waals surface area contributed by atoms with Gasteiger partial charge in [0.25, 0.3) is 0 Å². The lowest BCUT2D eigenvalue weighted by molar-refractivity contribution is -0.119. The molecular formula is C7H12O2S. The number of methoxy groups -OCH3 is 1. The summed E-state index contributed by atoms with van der Waals surface area (Å²) in [5.41, 5.74) is 0. The van der Waals surface area contributed by atoms with Gasteiger partial charge in [0.05, 0.1) is 5.75 Å². The van der Waals surface area contributed by atoms with E-state index in [1.54, 1.807) is 18.9 Å². The summed E-state index contributed by atoms with van der Waals surface area (Å²) in [5.74, 6) is 2.41. The van der Waals surface area contributed by atoms with Crippen LogP contribution >= 0.6 is 11.8 Å². The van der Waals surface area contributed by atoms with Crippen molar-refractivity contribution in [1.29, 1.82) is 0 Å². The molecule has 58 valence electrons. The molecule has 0 bridgehead atoms. The summed E-state index contributed by atoms with van der Waals surface area (Å²) in [5, 5.41) is 0. The molecule has 3 heteroatoms. The van der Waals surface area contributed by atoms with Gasteiger partial charge in [-0.2, -0.15) is 11.8 Å². The molecule has 0 aromatic carbocycles. The van der Waals surface area contributed by atoms with E-state index >= 15 is 0 Å². The van der Waals surface area contributed by atoms with Gasteiger partial charge in [-0.3, -0.25) is 4.79 Å². The molecule has 1 atom stereocenters. The number of carbonyl (C=O) groups is 1. The average Bonchev–Trinajstić information content (AvgIpc) is 2.31. The maximum Gasteiger partial charge on any atom is 0.146 e. The van der Waals surface area contributed by atoms with Crippen molar-refractivity contribution >= 4 is 17.5 Å². The standard InChI is InChI=1S/C7H12O2S/c1-9-3-2-6-4-10-5-7(6)8/h6H,2-5H2,1H3. The maximum absolute atomic E-state index is 11.0. The zero-order valence-corrected chi connectivity index (χ0v) is 6.95. The number of hydrogen-bond acceptors (Lipinski definition) is 3. The molecule has 1 aliphatic rings. The first-order valence-corrected chi connectivity index (χ1v) is 4.59. The molecule has 0 amide bonds. The minimum atomic E-state index is 0.282. The summed E-state index contributed by atoms with van der Waals surface area (Å²) in [4.78, 5) is 11.0. The van der Waals surface area contributed by atoms with Crippen LogP contribution in [0.1, 0.15) is 6.42 Å². The van der Waals surface area contributed by atoms with Crippen molar-refractivity contribution in [3.05, 3.63) is 0 Å². The molecule has 2 nitrogen and oxygen atoms in total. The lowest BCUT2D eigenvalue weighted by Gasteiger charge is -2.03. The molecule has 0 radical (unpaired) electrons. The van der Waals surface area contributed by atoms with Gasteiger partial charge >= 0.3 is 0 Å². The molecule has 0 aromatic rings. The first-order chi connectivity index (χ1) is 4.84. The summed E-state index contributed by atoms with van der Waals surface area (Å²) in [6, 6.07) is 0. The van der Waals surface area contributed by atoms with E-state index in [0.29, 0.717) is 11.5 Å². The maximum atomic E-state index is 11.0. The number of rotatable bonds is 3. The molecule has 0 N–H and O–H groups in total. The highest BCUT2D eigenvalue weighted by Gasteiger charge is 2.23. The van der Waals surface area contributed by atoms with Crippen molar-refractivity contribution in [2.24, 2.45) is 5.92 Å². The second-order valence-electron chi connectivity index (χ2n) is 2.46. The van der Waals surface area contributed by atoms with Crippen LogP contribution in [0.2, 0.25) is 0 Å². The first-order valence-electron chi connectivity index (χ1n) is 3.44. The lowest BCUT2D eigenvalue weighted by Crippen LogP contribution is -2.12. The van der Waals surface area contributed by atoms with Gasteiger partial charge in [0.1, 0.15) is 5.78 Å². The number of ketones is 1. The fourth-order valence-corrected chi connectivity index (χ4v) is 2.21. The van der Waals surface area contributed by atoms with Crippen LogP contribution in [-0.2, 0) is 9.53 Å². The second kappa shape index (κ2) is 3.98. The zero-order valence-electron chi connectivity index (χ0n) is 6.13. The average molecular weight is 160 g/mol. The SMILES string of the molecule is COCCC1CSCC1=O. The van der Waals surface area contributed by atoms with Gasteiger partial charge in [-0.1, -0.05) is 0 Å². The van der Waals surface area contributed by atoms with Crippen LogP contribution in [0.5, 0.6) is 0 Å². The number of ether oxygens (including phenoxy) is 1. The third-order valence-corrected chi connectivity index (χ3v) is 2.82. The smallest absolute Gasteiger partial charge is 0.146 e. The zero-order chi connectivity index (χ0) is 7.40. The Bertz CT molecular complexity index is 125. The van der Waals surface area contributed by atoms with E-state index in [1.807, 2.05) is 0 Å². The summed E-state index contributed by atoms with van der Waals surface area (Å²) in [6.07, 6.45) is 0.905. The minimum absolute atomic E-state index is 0.282. The molecule has 1 fully saturated rings. The summed E-state index contributed by atoms with van der Waals surface area (Å²) in [7, 11) is 1.67. The van der Waals surface area contributed by atoms with Gasteiger partial charge < -0.3 is 4.74 Å². The fourth-order valence-electron chi connectivity index (χ4n) is 1.02. The summed E-state index contributed by atoms with van der Waals surface area (Å²) >= 11 is 1.74. The Morgan fingerprint density at radius 2 is 2.60 bits per heavy atom. The molecular weight excluding hydrogens is 148 g/mol. The Balaban J connectivity index is 2.20. The predicted molar refractivity (Wildman–Crippen MR) is 42.3 cm³/mol. The number of Topliss-reactive ketones (excluding diaryl/α,β-unsaturated/α-hetero) is 1. The third kappa shape index (κ3) is 1.99. The predicted octanol–water partition coefficient (Wildman–Crippen LogP) is 0.955. The molecule has 1 aliphatic heterocycles. The number of carbonyl (C=O) groups excluding carboxylic acids is 1. The van der Waals surface area contributed by atoms with Gasteiger partial charge in [0.15, 0.2) is 0 Å². The van der Waals surface area contributed by atoms with E-state index in [9.17, 15) is 4.79 Å². The van der Waals surface area contributed by atoms with E-state index in [0.717, 1.165) is 18.8 Å². The summed E-state index contributed by atoms with van der Waals surface area (Å²) in [6.45, 7) is 0.719. The molecule has 1 unspecified atom stereocenters. The Morgan fingerprint density at radius 3 is 3.10 bits per heavy atom. The number of thioether (sulfide) groups is 1. The molecule has 0 saturated carbocycles. The van der Waals surface area contributed by atoms with Crippen LogP contribution in [0.4, 0.5) is 0 Å². The van der Waals surface area contributed by atoms with Crippen LogP contribution in [0.3, 0.4) is 0 Å². The van der Waals surface area contributed by atoms with Crippen molar-refractivity contribution in [1.82, 2.24) is 0 Å². The van der Waals surface area contributed by atoms with Gasteiger partial charge in [-0.15, -0.1) is 0 Å². The molecule has 10 heavy (non-hydrogen) atoms. The van der Waals surface area contributed by atoms with E-state index in [1.165, 1.54) is 0 Å². The monoisotopic (exact) mass is 160 g/mol. The van der Waals surface area contributed by atoms with E-state index < -0.39 is 0 Å². The Kier molecular flexibility index (Phi) is 3.22. The summed E-state index contributed by atoms with van der Waals surface area (Å²) < 4.78 is 4.89. The minimum Gasteiger partial charge on any atom is -0.385 e. The highest BCUT2D eigenvalue weighted by Crippen LogP contribution is 2.22. The molecule has 0 aromatic heterocycles. The highest BCUT2D eigenvalue weighted by molar-refractivity contribution is 8.00. The van der Waals surface area contributed by atoms with Crippen LogP contribution in [0.25, 0.3) is 0 Å². The fraction of sp³-hybridized carbons (Fsp3) is 0.857. The first kappa shape index (κ1) is 8.08. The molecule has 1 rings (SSSR count). The quantitative estimate of drug-likeness (QED) is 0.615. The third-order valence-electron chi connectivity index (χ3n) is 1.69. The van der Waals surface area contributed by atoms with Crippen molar-refractivity contribution < 1.29 is 9.53 Å². The lowest BCUT2D eigenvalue weighted by atomic mass is 10.1. The van der Waals surface area contributed by atoms with Crippen molar-refractivity contribution in [3.63, 3.8) is 0 Å². The largest absolute Gasteiger partial charge is 0.385 e. The van der Waals surface area contributed by atoms with Gasteiger partial charge in [-0.05, 0) is 6.42 Å². The van der Waals surface area contributed by atoms with Crippen molar-refractivity contribution in [2.45, 2.75) is 6.42 Å². The Hall–Kier alpha value is -0.0200. The van der Waals surface area contributed by atoms with E-state index in [2.05, 4.69) is 0 Å². The van der Waals surface area contributed by atoms with E-state index in [-0.39, 0.29) is 5.92 Å². The Labute approximate surface area is 65.3 Å². The van der Waals surface area contributed by atoms with Crippen LogP contribution in [-0.4, -0.2) is 31.0 Å². The Morgan fingerprint density at radius 1 is 1.80 bits per heavy atom. The second-order valence-corrected chi connectivity index (χ2v) is 3.49. The van der Waals surface area contributed by atoms with Crippen LogP contribution in [0, 0.1) is 5.92 Å². The van der Waals surface area contributed by atoms with Gasteiger partial charge in [0, 0.05) is 25.4 Å². The normalized spacial score (nSPS) is 25.7. The molecule has 1 heterocycles. The number of hydrogen-bond donors (Lipinski definition) is 0. The van der Waals surface area contributed by atoms with Gasteiger partial charge in [0.2, 0.25) is 0 Å². The van der Waals surface area contributed by atoms with Crippen LogP contribution < -0.4 is 0 Å². The van der Waals surface area contributed by atoms with Crippen LogP contribution in [0.15, 0.2) is 0 Å². The highest BCUT2D eigenvalue weighted by atomic mass is 32.2. The van der Waals surface area contributed by atoms with Crippen molar-refractivity contribution in [3.8, 4) is 0 Å². The van der Waals surface area contributed by atoms with E-state index in [4.69, 9.17) is 4.74 Å². The molecule has 0 aliphatic carbocycles. The molecule has 1 saturated heterocycles. The topological polar surface area (TPSA) is 26.3 Å².